The molecule has 0 aromatic carbocycles. The Kier molecular flexibility index (Phi) is 5.39. The number of hydrogen-bond acceptors (Lipinski definition) is 5. The Morgan fingerprint density at radius 1 is 1.37 bits per heavy atom. The quantitative estimate of drug-likeness (QED) is 0.824. The van der Waals surface area contributed by atoms with Crippen LogP contribution in [0.2, 0.25) is 0 Å². The summed E-state index contributed by atoms with van der Waals surface area (Å²) in [6.45, 7) is 3.64. The topological polar surface area (TPSA) is 67.3 Å². The molecule has 19 heavy (non-hydrogen) atoms. The van der Waals surface area contributed by atoms with E-state index in [1.54, 1.807) is 12.3 Å². The molecule has 0 amide bonds. The lowest BCUT2D eigenvalue weighted by Gasteiger charge is -2.30. The van der Waals surface area contributed by atoms with Crippen LogP contribution in [-0.2, 0) is 0 Å². The van der Waals surface area contributed by atoms with Crippen molar-refractivity contribution in [3.05, 3.63) is 12.3 Å². The molecule has 0 radical (unpaired) electrons. The van der Waals surface area contributed by atoms with Gasteiger partial charge in [-0.3, -0.25) is 0 Å². The van der Waals surface area contributed by atoms with Gasteiger partial charge in [-0.2, -0.15) is 4.98 Å². The third-order valence-corrected chi connectivity index (χ3v) is 3.75. The van der Waals surface area contributed by atoms with Crippen LogP contribution >= 0.6 is 0 Å². The molecular formula is C14H23N3O2. The molecule has 1 aromatic rings. The Morgan fingerprint density at radius 2 is 2.16 bits per heavy atom. The van der Waals surface area contributed by atoms with Crippen molar-refractivity contribution in [3.8, 4) is 5.88 Å². The molecule has 5 heteroatoms. The SMILES string of the molecule is CCOc1ccnc(NCC2CCCCC2CO)n1. The van der Waals surface area contributed by atoms with Crippen molar-refractivity contribution in [1.29, 1.82) is 0 Å². The van der Waals surface area contributed by atoms with Gasteiger partial charge in [0.25, 0.3) is 0 Å². The van der Waals surface area contributed by atoms with E-state index in [0.717, 1.165) is 13.0 Å². The summed E-state index contributed by atoms with van der Waals surface area (Å²) in [4.78, 5) is 8.48. The summed E-state index contributed by atoms with van der Waals surface area (Å²) in [7, 11) is 0. The normalized spacial score (nSPS) is 23.1. The lowest BCUT2D eigenvalue weighted by atomic mass is 9.80. The monoisotopic (exact) mass is 265 g/mol. The first-order valence-electron chi connectivity index (χ1n) is 7.14. The van der Waals surface area contributed by atoms with E-state index in [4.69, 9.17) is 4.74 Å². The van der Waals surface area contributed by atoms with Crippen molar-refractivity contribution in [2.24, 2.45) is 11.8 Å². The van der Waals surface area contributed by atoms with Crippen LogP contribution in [0.15, 0.2) is 12.3 Å². The molecule has 0 bridgehead atoms. The van der Waals surface area contributed by atoms with Gasteiger partial charge < -0.3 is 15.2 Å². The standard InChI is InChI=1S/C14H23N3O2/c1-2-19-13-7-8-15-14(17-13)16-9-11-5-3-4-6-12(11)10-18/h7-8,11-12,18H,2-6,9-10H2,1H3,(H,15,16,17). The first-order valence-corrected chi connectivity index (χ1v) is 7.14. The number of hydrogen-bond donors (Lipinski definition) is 2. The van der Waals surface area contributed by atoms with Crippen molar-refractivity contribution in [1.82, 2.24) is 9.97 Å². The number of aliphatic hydroxyl groups excluding tert-OH is 1. The second kappa shape index (κ2) is 7.28. The van der Waals surface area contributed by atoms with Crippen molar-refractivity contribution >= 4 is 5.95 Å². The third kappa shape index (κ3) is 4.06. The number of aliphatic hydroxyl groups is 1. The zero-order valence-corrected chi connectivity index (χ0v) is 11.5. The third-order valence-electron chi connectivity index (χ3n) is 3.75. The summed E-state index contributed by atoms with van der Waals surface area (Å²) in [6, 6.07) is 1.76. The van der Waals surface area contributed by atoms with Gasteiger partial charge >= 0.3 is 0 Å². The molecule has 5 nitrogen and oxygen atoms in total. The summed E-state index contributed by atoms with van der Waals surface area (Å²) in [6.07, 6.45) is 6.48. The maximum absolute atomic E-state index is 9.39. The van der Waals surface area contributed by atoms with Crippen LogP contribution in [0.25, 0.3) is 0 Å². The van der Waals surface area contributed by atoms with E-state index in [0.29, 0.717) is 30.3 Å². The summed E-state index contributed by atoms with van der Waals surface area (Å²) in [5.74, 6) is 2.13. The fraction of sp³-hybridized carbons (Fsp3) is 0.714. The van der Waals surface area contributed by atoms with Crippen LogP contribution in [0.5, 0.6) is 5.88 Å². The summed E-state index contributed by atoms with van der Waals surface area (Å²) >= 11 is 0. The number of nitrogens with zero attached hydrogens (tertiary/aromatic N) is 2. The summed E-state index contributed by atoms with van der Waals surface area (Å²) < 4.78 is 5.35. The molecule has 1 aliphatic rings. The largest absolute Gasteiger partial charge is 0.478 e. The molecule has 2 atom stereocenters. The average molecular weight is 265 g/mol. The van der Waals surface area contributed by atoms with Crippen LogP contribution < -0.4 is 10.1 Å². The van der Waals surface area contributed by atoms with Crippen LogP contribution in [0, 0.1) is 11.8 Å². The molecule has 1 heterocycles. The highest BCUT2D eigenvalue weighted by Crippen LogP contribution is 2.29. The highest BCUT2D eigenvalue weighted by atomic mass is 16.5. The van der Waals surface area contributed by atoms with Gasteiger partial charge in [-0.15, -0.1) is 0 Å². The molecule has 1 aromatic heterocycles. The van der Waals surface area contributed by atoms with Gasteiger partial charge in [-0.1, -0.05) is 12.8 Å². The first kappa shape index (κ1) is 14.1. The van der Waals surface area contributed by atoms with E-state index in [1.165, 1.54) is 19.3 Å². The average Bonchev–Trinajstić information content (AvgIpc) is 2.46. The van der Waals surface area contributed by atoms with Gasteiger partial charge in [0.1, 0.15) is 0 Å². The fourth-order valence-electron chi connectivity index (χ4n) is 2.67. The minimum atomic E-state index is 0.284. The molecule has 0 aliphatic heterocycles. The van der Waals surface area contributed by atoms with Crippen molar-refractivity contribution in [2.75, 3.05) is 25.1 Å². The Morgan fingerprint density at radius 3 is 2.89 bits per heavy atom. The second-order valence-corrected chi connectivity index (χ2v) is 5.02. The van der Waals surface area contributed by atoms with Gasteiger partial charge in [0, 0.05) is 25.4 Å². The summed E-state index contributed by atoms with van der Waals surface area (Å²) in [5, 5.41) is 12.7. The van der Waals surface area contributed by atoms with E-state index >= 15 is 0 Å². The zero-order chi connectivity index (χ0) is 13.5. The van der Waals surface area contributed by atoms with E-state index in [1.807, 2.05) is 6.92 Å². The van der Waals surface area contributed by atoms with Crippen LogP contribution in [0.1, 0.15) is 32.6 Å². The Hall–Kier alpha value is -1.36. The molecular weight excluding hydrogens is 242 g/mol. The van der Waals surface area contributed by atoms with Crippen LogP contribution in [0.3, 0.4) is 0 Å². The number of anilines is 1. The number of aromatic nitrogens is 2. The van der Waals surface area contributed by atoms with Crippen LogP contribution in [-0.4, -0.2) is 34.8 Å². The van der Waals surface area contributed by atoms with Crippen molar-refractivity contribution < 1.29 is 9.84 Å². The molecule has 0 spiro atoms. The molecule has 1 saturated carbocycles. The van der Waals surface area contributed by atoms with Gasteiger partial charge in [-0.05, 0) is 31.6 Å². The second-order valence-electron chi connectivity index (χ2n) is 5.02. The van der Waals surface area contributed by atoms with E-state index in [-0.39, 0.29) is 6.61 Å². The van der Waals surface area contributed by atoms with Gasteiger partial charge in [0.15, 0.2) is 0 Å². The molecule has 2 unspecified atom stereocenters. The lowest BCUT2D eigenvalue weighted by Crippen LogP contribution is -2.29. The smallest absolute Gasteiger partial charge is 0.225 e. The maximum atomic E-state index is 9.39. The molecule has 1 fully saturated rings. The molecule has 106 valence electrons. The van der Waals surface area contributed by atoms with Gasteiger partial charge in [0.05, 0.1) is 6.61 Å². The zero-order valence-electron chi connectivity index (χ0n) is 11.5. The van der Waals surface area contributed by atoms with Gasteiger partial charge in [0.2, 0.25) is 11.8 Å². The minimum Gasteiger partial charge on any atom is -0.478 e. The summed E-state index contributed by atoms with van der Waals surface area (Å²) in [5.41, 5.74) is 0. The molecule has 0 saturated heterocycles. The van der Waals surface area contributed by atoms with Crippen molar-refractivity contribution in [3.63, 3.8) is 0 Å². The number of rotatable bonds is 6. The first-order chi connectivity index (χ1) is 9.33. The fourth-order valence-corrected chi connectivity index (χ4v) is 2.67. The highest BCUT2D eigenvalue weighted by Gasteiger charge is 2.24. The minimum absolute atomic E-state index is 0.284. The lowest BCUT2D eigenvalue weighted by molar-refractivity contribution is 0.141. The van der Waals surface area contributed by atoms with E-state index in [2.05, 4.69) is 15.3 Å². The van der Waals surface area contributed by atoms with Crippen LogP contribution in [0.4, 0.5) is 5.95 Å². The number of nitrogens with one attached hydrogen (secondary N) is 1. The van der Waals surface area contributed by atoms with Gasteiger partial charge in [-0.25, -0.2) is 4.98 Å². The predicted molar refractivity (Wildman–Crippen MR) is 74.2 cm³/mol. The highest BCUT2D eigenvalue weighted by molar-refractivity contribution is 5.27. The molecule has 1 aliphatic carbocycles. The van der Waals surface area contributed by atoms with Crippen molar-refractivity contribution in [2.45, 2.75) is 32.6 Å². The maximum Gasteiger partial charge on any atom is 0.225 e. The Labute approximate surface area is 114 Å². The molecule has 2 N–H and O–H groups in total. The number of ether oxygens (including phenoxy) is 1. The predicted octanol–water partition coefficient (Wildman–Crippen LogP) is 2.09. The van der Waals surface area contributed by atoms with E-state index in [9.17, 15) is 5.11 Å². The Balaban J connectivity index is 1.88. The Bertz CT molecular complexity index is 387. The van der Waals surface area contributed by atoms with E-state index < -0.39 is 0 Å². The molecule has 2 rings (SSSR count).